The van der Waals surface area contributed by atoms with E-state index >= 15 is 0 Å². The van der Waals surface area contributed by atoms with Crippen LogP contribution in [0.4, 0.5) is 11.4 Å². The number of hydrogen-bond acceptors (Lipinski definition) is 2. The topological polar surface area (TPSA) is 3.24 Å². The van der Waals surface area contributed by atoms with E-state index in [0.717, 1.165) is 30.5 Å². The lowest BCUT2D eigenvalue weighted by molar-refractivity contribution is -0.883. The molecular weight excluding hydrogens is 380 g/mol. The average Bonchev–Trinajstić information content (AvgIpc) is 2.54. The maximum Gasteiger partial charge on any atom is 0.140 e. The number of hydrogen-bond donors (Lipinski definition) is 0. The highest BCUT2D eigenvalue weighted by atomic mass is 79.9. The van der Waals surface area contributed by atoms with Crippen molar-refractivity contribution in [3.63, 3.8) is 0 Å². The summed E-state index contributed by atoms with van der Waals surface area (Å²) in [5, 5.41) is 0. The molecule has 1 heterocycles. The van der Waals surface area contributed by atoms with E-state index in [-0.39, 0.29) is 17.0 Å². The largest absolute Gasteiger partial charge is 1.00 e. The summed E-state index contributed by atoms with van der Waals surface area (Å²) in [6.45, 7) is 2.88. The Hall–Kier alpha value is -1.41. The van der Waals surface area contributed by atoms with Gasteiger partial charge in [0.05, 0.1) is 32.0 Å². The number of para-hydroxylation sites is 2. The summed E-state index contributed by atoms with van der Waals surface area (Å²) < 4.78 is 0.877. The van der Waals surface area contributed by atoms with E-state index in [1.54, 1.807) is 0 Å². The predicted molar refractivity (Wildman–Crippen MR) is 99.3 cm³/mol. The molecule has 4 heteroatoms. The van der Waals surface area contributed by atoms with Crippen molar-refractivity contribution in [3.05, 3.63) is 48.5 Å². The molecule has 0 spiro atoms. The molecule has 0 atom stereocenters. The minimum absolute atomic E-state index is 0. The first-order valence-corrected chi connectivity index (χ1v) is 8.81. The molecule has 0 fully saturated rings. The number of rotatable bonds is 5. The Balaban J connectivity index is 0.00000208. The van der Waals surface area contributed by atoms with Gasteiger partial charge < -0.3 is 26.4 Å². The lowest BCUT2D eigenvalue weighted by atomic mass is 10.2. The molecule has 1 aliphatic rings. The third-order valence-electron chi connectivity index (χ3n) is 4.20. The molecule has 0 unspecified atom stereocenters. The molecule has 3 rings (SSSR count). The molecule has 2 nitrogen and oxygen atoms in total. The molecule has 0 bridgehead atoms. The monoisotopic (exact) mass is 402 g/mol. The lowest BCUT2D eigenvalue weighted by Crippen LogP contribution is -3.00. The molecule has 2 aromatic carbocycles. The summed E-state index contributed by atoms with van der Waals surface area (Å²) in [5.74, 6) is 2.78. The summed E-state index contributed by atoms with van der Waals surface area (Å²) in [6, 6.07) is 17.3. The second-order valence-corrected chi connectivity index (χ2v) is 7.65. The number of fused-ring (bicyclic) bond motifs is 2. The first kappa shape index (κ1) is 18.9. The highest BCUT2D eigenvalue weighted by Gasteiger charge is 2.23. The minimum atomic E-state index is 0. The van der Waals surface area contributed by atoms with Gasteiger partial charge in [-0.05, 0) is 30.2 Å². The van der Waals surface area contributed by atoms with Gasteiger partial charge in [0.2, 0.25) is 0 Å². The number of benzene rings is 2. The fourth-order valence-electron chi connectivity index (χ4n) is 3.01. The third kappa shape index (κ3) is 4.16. The summed E-state index contributed by atoms with van der Waals surface area (Å²) >= 11 is 1.86. The van der Waals surface area contributed by atoms with E-state index in [1.807, 2.05) is 11.8 Å². The number of terminal acetylenes is 1. The van der Waals surface area contributed by atoms with E-state index in [4.69, 9.17) is 6.42 Å². The maximum absolute atomic E-state index is 5.48. The summed E-state index contributed by atoms with van der Waals surface area (Å²) in [4.78, 5) is 5.13. The molecule has 0 aliphatic carbocycles. The van der Waals surface area contributed by atoms with Crippen molar-refractivity contribution in [2.45, 2.75) is 16.2 Å². The summed E-state index contributed by atoms with van der Waals surface area (Å²) in [7, 11) is 4.40. The lowest BCUT2D eigenvalue weighted by Gasteiger charge is -2.34. The number of nitrogens with zero attached hydrogens (tertiary/aromatic N) is 2. The minimum Gasteiger partial charge on any atom is -1.00 e. The molecule has 0 saturated heterocycles. The Morgan fingerprint density at radius 2 is 1.54 bits per heavy atom. The summed E-state index contributed by atoms with van der Waals surface area (Å²) in [6.07, 6.45) is 6.59. The van der Waals surface area contributed by atoms with Crippen LogP contribution in [0.3, 0.4) is 0 Å². The first-order chi connectivity index (χ1) is 11.1. The quantitative estimate of drug-likeness (QED) is 0.549. The summed E-state index contributed by atoms with van der Waals surface area (Å²) in [5.41, 5.74) is 2.64. The molecule has 0 N–H and O–H groups in total. The van der Waals surface area contributed by atoms with Crippen LogP contribution in [-0.2, 0) is 0 Å². The van der Waals surface area contributed by atoms with Crippen LogP contribution < -0.4 is 21.9 Å². The third-order valence-corrected chi connectivity index (χ3v) is 5.33. The first-order valence-electron chi connectivity index (χ1n) is 8.00. The van der Waals surface area contributed by atoms with Gasteiger partial charge in [0.25, 0.3) is 0 Å². The Kier molecular flexibility index (Phi) is 6.40. The Morgan fingerprint density at radius 1 is 1.00 bits per heavy atom. The SMILES string of the molecule is C#CC[N+](C)(C)CCCN1c2ccccc2Sc2ccccc21.[Br-]. The van der Waals surface area contributed by atoms with Gasteiger partial charge in [-0.2, -0.15) is 0 Å². The van der Waals surface area contributed by atoms with Gasteiger partial charge in [-0.15, -0.1) is 6.42 Å². The van der Waals surface area contributed by atoms with Crippen molar-refractivity contribution >= 4 is 23.1 Å². The van der Waals surface area contributed by atoms with Crippen LogP contribution in [0.25, 0.3) is 0 Å². The van der Waals surface area contributed by atoms with Gasteiger partial charge in [-0.1, -0.05) is 36.0 Å². The van der Waals surface area contributed by atoms with Crippen molar-refractivity contribution in [2.24, 2.45) is 0 Å². The van der Waals surface area contributed by atoms with Gasteiger partial charge >= 0.3 is 0 Å². The second-order valence-electron chi connectivity index (χ2n) is 6.56. The fraction of sp³-hybridized carbons (Fsp3) is 0.300. The number of quaternary nitrogens is 1. The van der Waals surface area contributed by atoms with Crippen molar-refractivity contribution in [1.29, 1.82) is 0 Å². The van der Waals surface area contributed by atoms with Gasteiger partial charge in [-0.3, -0.25) is 0 Å². The van der Waals surface area contributed by atoms with E-state index < -0.39 is 0 Å². The van der Waals surface area contributed by atoms with Crippen LogP contribution in [0.2, 0.25) is 0 Å². The Morgan fingerprint density at radius 3 is 2.08 bits per heavy atom. The van der Waals surface area contributed by atoms with E-state index in [2.05, 4.69) is 73.4 Å². The van der Waals surface area contributed by atoms with E-state index in [1.165, 1.54) is 21.2 Å². The normalized spacial score (nSPS) is 12.6. The molecular formula is C20H23BrN2S. The molecule has 0 amide bonds. The molecule has 126 valence electrons. The van der Waals surface area contributed by atoms with Gasteiger partial charge in [-0.25, -0.2) is 0 Å². The highest BCUT2D eigenvalue weighted by molar-refractivity contribution is 7.99. The van der Waals surface area contributed by atoms with Gasteiger partial charge in [0, 0.05) is 22.8 Å². The van der Waals surface area contributed by atoms with Crippen LogP contribution in [0, 0.1) is 12.3 Å². The average molecular weight is 403 g/mol. The highest BCUT2D eigenvalue weighted by Crippen LogP contribution is 2.47. The molecule has 2 aromatic rings. The molecule has 1 aliphatic heterocycles. The zero-order chi connectivity index (χ0) is 16.3. The molecule has 24 heavy (non-hydrogen) atoms. The van der Waals surface area contributed by atoms with Crippen LogP contribution in [-0.4, -0.2) is 38.2 Å². The van der Waals surface area contributed by atoms with Gasteiger partial charge in [0.1, 0.15) is 6.54 Å². The standard InChI is InChI=1S/C20H23N2S.BrH/c1-4-15-22(2,3)16-9-14-21-17-10-5-7-12-19(17)23-20-13-8-6-11-18(20)21;/h1,5-8,10-13H,9,14-16H2,2-3H3;1H/q+1;/p-1. The van der Waals surface area contributed by atoms with Gasteiger partial charge in [0.15, 0.2) is 0 Å². The zero-order valence-electron chi connectivity index (χ0n) is 14.2. The van der Waals surface area contributed by atoms with E-state index in [0.29, 0.717) is 0 Å². The maximum atomic E-state index is 5.48. The second kappa shape index (κ2) is 8.11. The predicted octanol–water partition coefficient (Wildman–Crippen LogP) is 1.39. The Labute approximate surface area is 160 Å². The van der Waals surface area contributed by atoms with Crippen LogP contribution in [0.1, 0.15) is 6.42 Å². The van der Waals surface area contributed by atoms with Crippen molar-refractivity contribution in [2.75, 3.05) is 38.6 Å². The van der Waals surface area contributed by atoms with E-state index in [9.17, 15) is 0 Å². The van der Waals surface area contributed by atoms with Crippen LogP contribution in [0.15, 0.2) is 58.3 Å². The van der Waals surface area contributed by atoms with Crippen LogP contribution >= 0.6 is 11.8 Å². The van der Waals surface area contributed by atoms with Crippen LogP contribution in [0.5, 0.6) is 0 Å². The van der Waals surface area contributed by atoms with Crippen molar-refractivity contribution in [1.82, 2.24) is 0 Å². The Bertz CT molecular complexity index is 691. The fourth-order valence-corrected chi connectivity index (χ4v) is 4.10. The number of anilines is 2. The van der Waals surface area contributed by atoms with Crippen molar-refractivity contribution in [3.8, 4) is 12.3 Å². The molecule has 0 saturated carbocycles. The van der Waals surface area contributed by atoms with Crippen molar-refractivity contribution < 1.29 is 21.5 Å². The number of halogens is 1. The molecule has 0 radical (unpaired) electrons. The smallest absolute Gasteiger partial charge is 0.140 e. The molecule has 0 aromatic heterocycles. The zero-order valence-corrected chi connectivity index (χ0v) is 16.6.